The van der Waals surface area contributed by atoms with E-state index in [-0.39, 0.29) is 5.75 Å². The first-order valence-electron chi connectivity index (χ1n) is 4.85. The van der Waals surface area contributed by atoms with Crippen LogP contribution in [0.5, 0.6) is 0 Å². The number of carboxylic acid groups (broad SMARTS) is 1. The number of nitrogens with zero attached hydrogens (tertiary/aromatic N) is 2. The molecule has 0 unspecified atom stereocenters. The summed E-state index contributed by atoms with van der Waals surface area (Å²) < 4.78 is 1.56. The Labute approximate surface area is 120 Å². The van der Waals surface area contributed by atoms with Crippen molar-refractivity contribution >= 4 is 55.8 Å². The topological polar surface area (TPSA) is 75.1 Å². The highest BCUT2D eigenvalue weighted by molar-refractivity contribution is 9.10. The van der Waals surface area contributed by atoms with Crippen molar-refractivity contribution in [2.45, 2.75) is 4.34 Å². The second-order valence-corrected chi connectivity index (χ2v) is 6.21. The molecule has 0 aliphatic rings. The summed E-state index contributed by atoms with van der Waals surface area (Å²) in [5.41, 5.74) is 0.892. The monoisotopic (exact) mass is 345 g/mol. The maximum Gasteiger partial charge on any atom is 0.313 e. The van der Waals surface area contributed by atoms with Crippen molar-refractivity contribution in [1.29, 1.82) is 0 Å². The smallest absolute Gasteiger partial charge is 0.313 e. The number of thioether (sulfide) groups is 1. The fourth-order valence-corrected chi connectivity index (χ4v) is 2.99. The van der Waals surface area contributed by atoms with Gasteiger partial charge in [0.25, 0.3) is 0 Å². The minimum atomic E-state index is -0.865. The van der Waals surface area contributed by atoms with Crippen LogP contribution in [0.15, 0.2) is 33.1 Å². The molecule has 2 aromatic rings. The van der Waals surface area contributed by atoms with Crippen LogP contribution in [-0.4, -0.2) is 27.0 Å². The van der Waals surface area contributed by atoms with Gasteiger partial charge < -0.3 is 10.4 Å². The lowest BCUT2D eigenvalue weighted by atomic mass is 10.3. The highest BCUT2D eigenvalue weighted by Gasteiger charge is 2.08. The van der Waals surface area contributed by atoms with Crippen molar-refractivity contribution in [3.63, 3.8) is 0 Å². The zero-order valence-corrected chi connectivity index (χ0v) is 12.2. The molecule has 0 aliphatic heterocycles. The normalized spacial score (nSPS) is 10.3. The molecule has 0 amide bonds. The van der Waals surface area contributed by atoms with E-state index in [1.54, 1.807) is 0 Å². The summed E-state index contributed by atoms with van der Waals surface area (Å²) in [4.78, 5) is 10.4. The third kappa shape index (κ3) is 3.69. The molecule has 5 nitrogen and oxygen atoms in total. The van der Waals surface area contributed by atoms with Crippen LogP contribution >= 0.6 is 39.0 Å². The maximum absolute atomic E-state index is 10.4. The molecule has 94 valence electrons. The molecule has 1 aromatic carbocycles. The van der Waals surface area contributed by atoms with Crippen molar-refractivity contribution < 1.29 is 9.90 Å². The first-order valence-corrected chi connectivity index (χ1v) is 7.44. The molecule has 0 saturated carbocycles. The van der Waals surface area contributed by atoms with Crippen molar-refractivity contribution in [2.24, 2.45) is 0 Å². The lowest BCUT2D eigenvalue weighted by Crippen LogP contribution is -1.96. The van der Waals surface area contributed by atoms with Crippen molar-refractivity contribution in [1.82, 2.24) is 10.2 Å². The van der Waals surface area contributed by atoms with E-state index in [2.05, 4.69) is 31.4 Å². The van der Waals surface area contributed by atoms with Crippen molar-refractivity contribution in [3.8, 4) is 0 Å². The van der Waals surface area contributed by atoms with Crippen LogP contribution in [0.25, 0.3) is 0 Å². The van der Waals surface area contributed by atoms with E-state index in [1.807, 2.05) is 24.3 Å². The van der Waals surface area contributed by atoms with Crippen LogP contribution in [-0.2, 0) is 4.79 Å². The molecule has 0 radical (unpaired) electrons. The molecular formula is C10H8BrN3O2S2. The summed E-state index contributed by atoms with van der Waals surface area (Å²) in [5.74, 6) is -0.876. The van der Waals surface area contributed by atoms with Gasteiger partial charge in [-0.15, -0.1) is 10.2 Å². The first kappa shape index (κ1) is 13.3. The van der Waals surface area contributed by atoms with Crippen LogP contribution in [0.3, 0.4) is 0 Å². The van der Waals surface area contributed by atoms with Gasteiger partial charge in [0.1, 0.15) is 0 Å². The number of carboxylic acids is 1. The van der Waals surface area contributed by atoms with E-state index in [4.69, 9.17) is 5.11 Å². The number of anilines is 2. The second-order valence-electron chi connectivity index (χ2n) is 3.16. The molecule has 0 fully saturated rings. The van der Waals surface area contributed by atoms with Crippen LogP contribution in [0.1, 0.15) is 0 Å². The number of para-hydroxylation sites is 1. The van der Waals surface area contributed by atoms with E-state index >= 15 is 0 Å². The van der Waals surface area contributed by atoms with Crippen LogP contribution in [0.4, 0.5) is 10.8 Å². The zero-order valence-electron chi connectivity index (χ0n) is 8.96. The Morgan fingerprint density at radius 1 is 1.44 bits per heavy atom. The Kier molecular flexibility index (Phi) is 4.56. The van der Waals surface area contributed by atoms with Gasteiger partial charge >= 0.3 is 5.97 Å². The SMILES string of the molecule is O=C(O)CSc1nnc(Nc2ccccc2Br)s1. The minimum absolute atomic E-state index is 0.0103. The summed E-state index contributed by atoms with van der Waals surface area (Å²) in [6, 6.07) is 7.66. The van der Waals surface area contributed by atoms with Gasteiger partial charge in [-0.3, -0.25) is 4.79 Å². The summed E-state index contributed by atoms with van der Waals surface area (Å²) in [6.45, 7) is 0. The number of aromatic nitrogens is 2. The lowest BCUT2D eigenvalue weighted by molar-refractivity contribution is -0.133. The van der Waals surface area contributed by atoms with E-state index in [0.29, 0.717) is 9.47 Å². The van der Waals surface area contributed by atoms with Gasteiger partial charge in [0.05, 0.1) is 11.4 Å². The maximum atomic E-state index is 10.4. The van der Waals surface area contributed by atoms with Crippen LogP contribution in [0, 0.1) is 0 Å². The molecular weight excluding hydrogens is 338 g/mol. The number of rotatable bonds is 5. The molecule has 8 heteroatoms. The summed E-state index contributed by atoms with van der Waals surface area (Å²) >= 11 is 5.90. The number of hydrogen-bond donors (Lipinski definition) is 2. The highest BCUT2D eigenvalue weighted by Crippen LogP contribution is 2.30. The molecule has 18 heavy (non-hydrogen) atoms. The van der Waals surface area contributed by atoms with Gasteiger partial charge in [0.15, 0.2) is 4.34 Å². The van der Waals surface area contributed by atoms with Crippen molar-refractivity contribution in [2.75, 3.05) is 11.1 Å². The fraction of sp³-hybridized carbons (Fsp3) is 0.100. The van der Waals surface area contributed by atoms with E-state index in [9.17, 15) is 4.79 Å². The predicted octanol–water partition coefficient (Wildman–Crippen LogP) is 3.22. The van der Waals surface area contributed by atoms with Gasteiger partial charge in [-0.2, -0.15) is 0 Å². The minimum Gasteiger partial charge on any atom is -0.481 e. The number of nitrogens with one attached hydrogen (secondary N) is 1. The summed E-state index contributed by atoms with van der Waals surface area (Å²) in [7, 11) is 0. The third-order valence-electron chi connectivity index (χ3n) is 1.84. The summed E-state index contributed by atoms with van der Waals surface area (Å²) in [6.07, 6.45) is 0. The van der Waals surface area contributed by atoms with Gasteiger partial charge in [-0.25, -0.2) is 0 Å². The molecule has 0 spiro atoms. The number of hydrogen-bond acceptors (Lipinski definition) is 6. The quantitative estimate of drug-likeness (QED) is 0.810. The predicted molar refractivity (Wildman–Crippen MR) is 75.7 cm³/mol. The Morgan fingerprint density at radius 3 is 2.94 bits per heavy atom. The lowest BCUT2D eigenvalue weighted by Gasteiger charge is -2.03. The average Bonchev–Trinajstić information content (AvgIpc) is 2.77. The number of aliphatic carboxylic acids is 1. The average molecular weight is 346 g/mol. The third-order valence-corrected chi connectivity index (χ3v) is 4.49. The highest BCUT2D eigenvalue weighted by atomic mass is 79.9. The van der Waals surface area contributed by atoms with Crippen LogP contribution < -0.4 is 5.32 Å². The molecule has 0 bridgehead atoms. The number of benzene rings is 1. The zero-order chi connectivity index (χ0) is 13.0. The molecule has 0 saturated heterocycles. The second kappa shape index (κ2) is 6.17. The Morgan fingerprint density at radius 2 is 2.22 bits per heavy atom. The number of carbonyl (C=O) groups is 1. The molecule has 2 rings (SSSR count). The van der Waals surface area contributed by atoms with Crippen molar-refractivity contribution in [3.05, 3.63) is 28.7 Å². The van der Waals surface area contributed by atoms with E-state index in [1.165, 1.54) is 11.3 Å². The van der Waals surface area contributed by atoms with E-state index < -0.39 is 5.97 Å². The van der Waals surface area contributed by atoms with Gasteiger partial charge in [-0.05, 0) is 28.1 Å². The molecule has 0 aliphatic carbocycles. The largest absolute Gasteiger partial charge is 0.481 e. The van der Waals surface area contributed by atoms with Gasteiger partial charge in [0, 0.05) is 4.47 Å². The molecule has 2 N–H and O–H groups in total. The molecule has 1 aromatic heterocycles. The number of halogens is 1. The van der Waals surface area contributed by atoms with Gasteiger partial charge in [0.2, 0.25) is 5.13 Å². The molecule has 0 atom stereocenters. The summed E-state index contributed by atoms with van der Waals surface area (Å²) in [5, 5.41) is 20.2. The van der Waals surface area contributed by atoms with E-state index in [0.717, 1.165) is 21.9 Å². The van der Waals surface area contributed by atoms with Crippen LogP contribution in [0.2, 0.25) is 0 Å². The first-order chi connectivity index (χ1) is 8.65. The molecule has 1 heterocycles. The fourth-order valence-electron chi connectivity index (χ4n) is 1.12. The standard InChI is InChI=1S/C10H8BrN3O2S2/c11-6-3-1-2-4-7(6)12-9-13-14-10(18-9)17-5-8(15)16/h1-4H,5H2,(H,12,13)(H,15,16). The Bertz CT molecular complexity index is 562. The Hall–Kier alpha value is -1.12. The Balaban J connectivity index is 2.02. The van der Waals surface area contributed by atoms with Gasteiger partial charge in [-0.1, -0.05) is 35.2 Å².